The highest BCUT2D eigenvalue weighted by atomic mass is 16.5. The highest BCUT2D eigenvalue weighted by Crippen LogP contribution is 2.26. The van der Waals surface area contributed by atoms with E-state index in [0.717, 1.165) is 13.2 Å². The average molecular weight is 181 g/mol. The van der Waals surface area contributed by atoms with E-state index >= 15 is 0 Å². The van der Waals surface area contributed by atoms with Crippen LogP contribution in [0.3, 0.4) is 0 Å². The van der Waals surface area contributed by atoms with E-state index in [1.54, 1.807) is 7.11 Å². The molecule has 13 heavy (non-hydrogen) atoms. The minimum absolute atomic E-state index is 0.125. The van der Waals surface area contributed by atoms with Crippen LogP contribution in [0.2, 0.25) is 0 Å². The van der Waals surface area contributed by atoms with Crippen LogP contribution in [0.25, 0.3) is 0 Å². The first-order valence-corrected chi connectivity index (χ1v) is 4.85. The van der Waals surface area contributed by atoms with Gasteiger partial charge in [0.15, 0.2) is 0 Å². The van der Waals surface area contributed by atoms with Crippen LogP contribution >= 0.6 is 0 Å². The van der Waals surface area contributed by atoms with Gasteiger partial charge in [-0.3, -0.25) is 4.90 Å². The molecule has 2 heteroatoms. The quantitative estimate of drug-likeness (QED) is 0.612. The molecule has 2 nitrogen and oxygen atoms in total. The molecule has 1 heterocycles. The van der Waals surface area contributed by atoms with Crippen molar-refractivity contribution in [2.24, 2.45) is 0 Å². The van der Waals surface area contributed by atoms with Gasteiger partial charge in [-0.05, 0) is 26.7 Å². The number of hydrogen-bond donors (Lipinski definition) is 0. The molecule has 0 saturated carbocycles. The number of ether oxygens (including phenoxy) is 1. The van der Waals surface area contributed by atoms with Crippen molar-refractivity contribution in [3.8, 4) is 12.3 Å². The molecule has 0 unspecified atom stereocenters. The summed E-state index contributed by atoms with van der Waals surface area (Å²) in [6, 6.07) is 0.510. The van der Waals surface area contributed by atoms with Crippen molar-refractivity contribution < 1.29 is 4.74 Å². The Labute approximate surface area is 81.3 Å². The fourth-order valence-corrected chi connectivity index (χ4v) is 2.02. The Morgan fingerprint density at radius 3 is 2.85 bits per heavy atom. The Hall–Kier alpha value is -0.520. The van der Waals surface area contributed by atoms with Crippen molar-refractivity contribution >= 4 is 0 Å². The average Bonchev–Trinajstić information content (AvgIpc) is 2.54. The van der Waals surface area contributed by atoms with E-state index in [4.69, 9.17) is 11.2 Å². The van der Waals surface area contributed by atoms with Gasteiger partial charge in [-0.15, -0.1) is 6.42 Å². The summed E-state index contributed by atoms with van der Waals surface area (Å²) in [6.45, 7) is 6.10. The van der Waals surface area contributed by atoms with Crippen molar-refractivity contribution in [2.75, 3.05) is 20.3 Å². The maximum atomic E-state index is 5.51. The van der Waals surface area contributed by atoms with Crippen LogP contribution in [0.5, 0.6) is 0 Å². The van der Waals surface area contributed by atoms with Crippen LogP contribution in [0, 0.1) is 12.3 Å². The molecule has 0 aromatic rings. The molecule has 1 rings (SSSR count). The lowest BCUT2D eigenvalue weighted by Gasteiger charge is -2.35. The summed E-state index contributed by atoms with van der Waals surface area (Å²) in [5.74, 6) is 2.84. The van der Waals surface area contributed by atoms with E-state index < -0.39 is 0 Å². The summed E-state index contributed by atoms with van der Waals surface area (Å²) in [7, 11) is 1.75. The summed E-state index contributed by atoms with van der Waals surface area (Å²) in [5.41, 5.74) is -0.125. The standard InChI is InChI=1S/C11H19NO/c1-5-11(2,3)12-8-6-7-10(12)9-13-4/h1,10H,6-9H2,2-4H3/t10-/m0/s1. The molecule has 0 radical (unpaired) electrons. The SMILES string of the molecule is C#CC(C)(C)N1CCC[C@H]1COC. The number of terminal acetylenes is 1. The van der Waals surface area contributed by atoms with Crippen LogP contribution in [-0.2, 0) is 4.74 Å². The first-order chi connectivity index (χ1) is 6.11. The molecule has 0 spiro atoms. The minimum Gasteiger partial charge on any atom is -0.383 e. The Morgan fingerprint density at radius 2 is 2.31 bits per heavy atom. The van der Waals surface area contributed by atoms with Gasteiger partial charge < -0.3 is 4.74 Å². The molecule has 1 fully saturated rings. The lowest BCUT2D eigenvalue weighted by atomic mass is 10.0. The predicted octanol–water partition coefficient (Wildman–Crippen LogP) is 1.51. The third kappa shape index (κ3) is 2.24. The second-order valence-corrected chi connectivity index (χ2v) is 4.15. The van der Waals surface area contributed by atoms with Crippen molar-refractivity contribution in [3.63, 3.8) is 0 Å². The van der Waals surface area contributed by atoms with Crippen molar-refractivity contribution in [1.82, 2.24) is 4.90 Å². The highest BCUT2D eigenvalue weighted by molar-refractivity contribution is 5.10. The molecule has 1 saturated heterocycles. The Kier molecular flexibility index (Phi) is 3.35. The zero-order valence-corrected chi connectivity index (χ0v) is 8.84. The van der Waals surface area contributed by atoms with Crippen molar-refractivity contribution in [2.45, 2.75) is 38.3 Å². The van der Waals surface area contributed by atoms with Crippen LogP contribution in [-0.4, -0.2) is 36.7 Å². The van der Waals surface area contributed by atoms with E-state index in [0.29, 0.717) is 6.04 Å². The van der Waals surface area contributed by atoms with E-state index in [2.05, 4.69) is 24.7 Å². The Morgan fingerprint density at radius 1 is 1.62 bits per heavy atom. The van der Waals surface area contributed by atoms with Gasteiger partial charge in [-0.1, -0.05) is 5.92 Å². The van der Waals surface area contributed by atoms with Crippen LogP contribution in [0.15, 0.2) is 0 Å². The fraction of sp³-hybridized carbons (Fsp3) is 0.818. The minimum atomic E-state index is -0.125. The van der Waals surface area contributed by atoms with Gasteiger partial charge in [0.25, 0.3) is 0 Å². The number of methoxy groups -OCH3 is 1. The van der Waals surface area contributed by atoms with E-state index in [-0.39, 0.29) is 5.54 Å². The Bertz CT molecular complexity index is 205. The van der Waals surface area contributed by atoms with Gasteiger partial charge in [0.2, 0.25) is 0 Å². The van der Waals surface area contributed by atoms with Gasteiger partial charge in [-0.2, -0.15) is 0 Å². The molecule has 74 valence electrons. The molecule has 1 aliphatic rings. The zero-order valence-electron chi connectivity index (χ0n) is 8.84. The van der Waals surface area contributed by atoms with E-state index in [1.807, 2.05) is 0 Å². The summed E-state index contributed by atoms with van der Waals surface area (Å²) >= 11 is 0. The molecule has 0 aliphatic carbocycles. The lowest BCUT2D eigenvalue weighted by Crippen LogP contribution is -2.47. The smallest absolute Gasteiger partial charge is 0.0769 e. The van der Waals surface area contributed by atoms with Crippen LogP contribution in [0.4, 0.5) is 0 Å². The number of nitrogens with zero attached hydrogens (tertiary/aromatic N) is 1. The fourth-order valence-electron chi connectivity index (χ4n) is 2.02. The van der Waals surface area contributed by atoms with Gasteiger partial charge in [0.1, 0.15) is 0 Å². The van der Waals surface area contributed by atoms with E-state index in [9.17, 15) is 0 Å². The molecule has 0 N–H and O–H groups in total. The normalized spacial score (nSPS) is 24.6. The molecular formula is C11H19NO. The van der Waals surface area contributed by atoms with E-state index in [1.165, 1.54) is 12.8 Å². The monoisotopic (exact) mass is 181 g/mol. The number of likely N-dealkylation sites (tertiary alicyclic amines) is 1. The summed E-state index contributed by atoms with van der Waals surface area (Å²) in [5, 5.41) is 0. The first-order valence-electron chi connectivity index (χ1n) is 4.85. The zero-order chi connectivity index (χ0) is 9.90. The van der Waals surface area contributed by atoms with Gasteiger partial charge >= 0.3 is 0 Å². The molecular weight excluding hydrogens is 162 g/mol. The maximum absolute atomic E-state index is 5.51. The number of hydrogen-bond acceptors (Lipinski definition) is 2. The number of rotatable bonds is 3. The molecule has 0 aromatic heterocycles. The largest absolute Gasteiger partial charge is 0.383 e. The summed E-state index contributed by atoms with van der Waals surface area (Å²) in [6.07, 6.45) is 7.95. The molecule has 1 atom stereocenters. The molecule has 0 bridgehead atoms. The Balaban J connectivity index is 2.63. The van der Waals surface area contributed by atoms with Crippen molar-refractivity contribution in [1.29, 1.82) is 0 Å². The molecule has 1 aliphatic heterocycles. The lowest BCUT2D eigenvalue weighted by molar-refractivity contribution is 0.0766. The molecule has 0 aromatic carbocycles. The van der Waals surface area contributed by atoms with Crippen molar-refractivity contribution in [3.05, 3.63) is 0 Å². The highest BCUT2D eigenvalue weighted by Gasteiger charge is 2.34. The van der Waals surface area contributed by atoms with Crippen LogP contribution in [0.1, 0.15) is 26.7 Å². The summed E-state index contributed by atoms with van der Waals surface area (Å²) < 4.78 is 5.19. The predicted molar refractivity (Wildman–Crippen MR) is 54.5 cm³/mol. The second-order valence-electron chi connectivity index (χ2n) is 4.15. The first kappa shape index (κ1) is 10.6. The summed E-state index contributed by atoms with van der Waals surface area (Å²) in [4.78, 5) is 2.37. The van der Waals surface area contributed by atoms with Gasteiger partial charge in [0.05, 0.1) is 12.1 Å². The van der Waals surface area contributed by atoms with Gasteiger partial charge in [0, 0.05) is 19.7 Å². The third-order valence-corrected chi connectivity index (χ3v) is 2.81. The maximum Gasteiger partial charge on any atom is 0.0769 e. The van der Waals surface area contributed by atoms with Gasteiger partial charge in [-0.25, -0.2) is 0 Å². The second kappa shape index (κ2) is 4.13. The third-order valence-electron chi connectivity index (χ3n) is 2.81. The van der Waals surface area contributed by atoms with Crippen LogP contribution < -0.4 is 0 Å². The topological polar surface area (TPSA) is 12.5 Å². The molecule has 0 amide bonds.